The van der Waals surface area contributed by atoms with Gasteiger partial charge in [-0.25, -0.2) is 0 Å². The molecule has 1 aromatic heterocycles. The van der Waals surface area contributed by atoms with Gasteiger partial charge in [-0.1, -0.05) is 0 Å². The van der Waals surface area contributed by atoms with E-state index < -0.39 is 0 Å². The van der Waals surface area contributed by atoms with E-state index in [-0.39, 0.29) is 51.7 Å². The molecule has 0 atom stereocenters. The second-order valence-corrected chi connectivity index (χ2v) is 0.790. The minimum absolute atomic E-state index is 0. The molecule has 5 nitrogen and oxygen atoms in total. The summed E-state index contributed by atoms with van der Waals surface area (Å²) in [4.78, 5) is 1.03. The van der Waals surface area contributed by atoms with E-state index in [1.54, 1.807) is 0 Å². The number of hydrogen-bond donors (Lipinski definition) is 1. The van der Waals surface area contributed by atoms with E-state index >= 15 is 0 Å². The standard InChI is InChI=1S/CH3N5.Ba.2H/c2-6-1-3-4-5-6;;;/h1H,2H2;;;/q;+2;2*-1. The average molecular weight is 224 g/mol. The molecular weight excluding hydrogens is 219 g/mol. The molecule has 1 rings (SSSR count). The topological polar surface area (TPSA) is 69.6 Å². The Kier molecular flexibility index (Phi) is 3.66. The van der Waals surface area contributed by atoms with Crippen LogP contribution in [0.3, 0.4) is 0 Å². The molecule has 0 amide bonds. The maximum absolute atomic E-state index is 4.96. The fraction of sp³-hybridized carbons (Fsp3) is 0. The van der Waals surface area contributed by atoms with Crippen molar-refractivity contribution in [3.8, 4) is 0 Å². The molecule has 0 aliphatic heterocycles. The monoisotopic (exact) mass is 225 g/mol. The van der Waals surface area contributed by atoms with Crippen LogP contribution in [0.15, 0.2) is 6.33 Å². The van der Waals surface area contributed by atoms with Gasteiger partial charge < -0.3 is 8.70 Å². The number of aromatic nitrogens is 4. The van der Waals surface area contributed by atoms with Gasteiger partial charge in [0, 0.05) is 0 Å². The summed E-state index contributed by atoms with van der Waals surface area (Å²) in [5.41, 5.74) is 0. The van der Waals surface area contributed by atoms with Crippen molar-refractivity contribution in [1.29, 1.82) is 0 Å². The van der Waals surface area contributed by atoms with Crippen molar-refractivity contribution in [2.45, 2.75) is 0 Å². The molecule has 0 bridgehead atoms. The van der Waals surface area contributed by atoms with Gasteiger partial charge in [-0.2, -0.15) is 0 Å². The van der Waals surface area contributed by atoms with Gasteiger partial charge >= 0.3 is 48.9 Å². The smallest absolute Gasteiger partial charge is 1.00 e. The quantitative estimate of drug-likeness (QED) is 0.418. The van der Waals surface area contributed by atoms with E-state index in [0.29, 0.717) is 0 Å². The van der Waals surface area contributed by atoms with Crippen LogP contribution >= 0.6 is 0 Å². The molecule has 0 aromatic carbocycles. The third-order valence-electron chi connectivity index (χ3n) is 0.365. The fourth-order valence-electron chi connectivity index (χ4n) is 0.168. The normalized spacial score (nSPS) is 7.43. The summed E-state index contributed by atoms with van der Waals surface area (Å²) in [6, 6.07) is 0. The van der Waals surface area contributed by atoms with E-state index in [1.807, 2.05) is 0 Å². The summed E-state index contributed by atoms with van der Waals surface area (Å²) in [7, 11) is 0. The number of hydrogen-bond acceptors (Lipinski definition) is 4. The largest absolute Gasteiger partial charge is 2.00 e. The summed E-state index contributed by atoms with van der Waals surface area (Å²) >= 11 is 0. The van der Waals surface area contributed by atoms with Crippen LogP contribution in [0.2, 0.25) is 0 Å². The number of tetrazole rings is 1. The maximum Gasteiger partial charge on any atom is 2.00 e. The molecule has 0 radical (unpaired) electrons. The van der Waals surface area contributed by atoms with Gasteiger partial charge in [0.2, 0.25) is 0 Å². The predicted octanol–water partition coefficient (Wildman–Crippen LogP) is -1.77. The average Bonchev–Trinajstić information content (AvgIpc) is 1.86. The van der Waals surface area contributed by atoms with E-state index in [4.69, 9.17) is 5.84 Å². The predicted molar refractivity (Wildman–Crippen MR) is 25.9 cm³/mol. The Morgan fingerprint density at radius 1 is 1.71 bits per heavy atom. The van der Waals surface area contributed by atoms with Crippen molar-refractivity contribution in [3.05, 3.63) is 6.33 Å². The van der Waals surface area contributed by atoms with Crippen molar-refractivity contribution in [3.63, 3.8) is 0 Å². The van der Waals surface area contributed by atoms with E-state index in [1.165, 1.54) is 6.33 Å². The SMILES string of the molecule is Nn1cnnn1.[Ba+2].[H-].[H-]. The molecule has 0 spiro atoms. The number of nitrogens with two attached hydrogens (primary N) is 1. The van der Waals surface area contributed by atoms with Gasteiger partial charge in [0.1, 0.15) is 0 Å². The molecular formula is CH5BaN5. The van der Waals surface area contributed by atoms with Crippen LogP contribution in [-0.2, 0) is 0 Å². The van der Waals surface area contributed by atoms with Crippen molar-refractivity contribution < 1.29 is 2.85 Å². The van der Waals surface area contributed by atoms with Gasteiger partial charge in [-0.15, -0.1) is 9.89 Å². The Balaban J connectivity index is -0.000000120. The van der Waals surface area contributed by atoms with Crippen LogP contribution in [0, 0.1) is 0 Å². The third kappa shape index (κ3) is 2.29. The van der Waals surface area contributed by atoms with Gasteiger partial charge in [0.05, 0.1) is 0 Å². The van der Waals surface area contributed by atoms with Crippen LogP contribution in [-0.4, -0.2) is 69.2 Å². The Morgan fingerprint density at radius 2 is 2.43 bits per heavy atom. The first-order valence-electron chi connectivity index (χ1n) is 1.37. The Morgan fingerprint density at radius 3 is 2.57 bits per heavy atom. The molecule has 2 N–H and O–H groups in total. The van der Waals surface area contributed by atoms with Gasteiger partial charge in [0.15, 0.2) is 6.33 Å². The van der Waals surface area contributed by atoms with E-state index in [2.05, 4.69) is 15.5 Å². The van der Waals surface area contributed by atoms with Crippen LogP contribution in [0.4, 0.5) is 0 Å². The first-order valence-corrected chi connectivity index (χ1v) is 1.37. The van der Waals surface area contributed by atoms with Crippen LogP contribution < -0.4 is 5.84 Å². The molecule has 6 heteroatoms. The summed E-state index contributed by atoms with van der Waals surface area (Å²) in [5, 5.41) is 9.71. The molecule has 36 valence electrons. The van der Waals surface area contributed by atoms with Gasteiger partial charge in [-0.05, 0) is 10.4 Å². The minimum Gasteiger partial charge on any atom is -1.00 e. The van der Waals surface area contributed by atoms with E-state index in [9.17, 15) is 0 Å². The molecule has 0 aliphatic carbocycles. The van der Waals surface area contributed by atoms with Gasteiger partial charge in [0.25, 0.3) is 0 Å². The van der Waals surface area contributed by atoms with Crippen LogP contribution in [0.25, 0.3) is 0 Å². The Labute approximate surface area is 83.3 Å². The van der Waals surface area contributed by atoms with Crippen molar-refractivity contribution in [2.75, 3.05) is 5.84 Å². The molecule has 0 saturated heterocycles. The molecule has 1 heterocycles. The fourth-order valence-corrected chi connectivity index (χ4v) is 0.168. The first kappa shape index (κ1) is 7.44. The zero-order valence-corrected chi connectivity index (χ0v) is 8.09. The second-order valence-electron chi connectivity index (χ2n) is 0.790. The second kappa shape index (κ2) is 3.44. The van der Waals surface area contributed by atoms with Crippen molar-refractivity contribution in [1.82, 2.24) is 20.3 Å². The molecule has 0 fully saturated rings. The Hall–Kier alpha value is 0.441. The van der Waals surface area contributed by atoms with Crippen molar-refractivity contribution in [2.24, 2.45) is 0 Å². The zero-order chi connectivity index (χ0) is 4.41. The van der Waals surface area contributed by atoms with Crippen LogP contribution in [0.1, 0.15) is 2.85 Å². The zero-order valence-electron chi connectivity index (χ0n) is 5.65. The summed E-state index contributed by atoms with van der Waals surface area (Å²) in [5.74, 6) is 4.96. The molecule has 0 saturated carbocycles. The maximum atomic E-state index is 4.96. The molecule has 7 heavy (non-hydrogen) atoms. The molecule has 0 unspecified atom stereocenters. The summed E-state index contributed by atoms with van der Waals surface area (Å²) < 4.78 is 0. The van der Waals surface area contributed by atoms with Crippen LogP contribution in [0.5, 0.6) is 0 Å². The number of nitrogen functional groups attached to an aromatic ring is 1. The molecule has 1 aromatic rings. The first-order chi connectivity index (χ1) is 2.89. The number of nitrogens with zero attached hydrogens (tertiary/aromatic N) is 4. The number of rotatable bonds is 0. The van der Waals surface area contributed by atoms with Gasteiger partial charge in [-0.3, -0.25) is 0 Å². The van der Waals surface area contributed by atoms with Crippen molar-refractivity contribution >= 4 is 48.9 Å². The molecule has 0 aliphatic rings. The Bertz CT molecular complexity index is 119. The summed E-state index contributed by atoms with van der Waals surface area (Å²) in [6.07, 6.45) is 1.31. The summed E-state index contributed by atoms with van der Waals surface area (Å²) in [6.45, 7) is 0. The van der Waals surface area contributed by atoms with E-state index in [0.717, 1.165) is 4.79 Å². The minimum atomic E-state index is 0. The third-order valence-corrected chi connectivity index (χ3v) is 0.365.